The van der Waals surface area contributed by atoms with Gasteiger partial charge in [0, 0.05) is 24.3 Å². The van der Waals surface area contributed by atoms with E-state index in [1.165, 1.54) is 13.3 Å². The molecule has 1 heterocycles. The maximum Gasteiger partial charge on any atom is 0.238 e. The zero-order valence-electron chi connectivity index (χ0n) is 16.7. The fourth-order valence-corrected chi connectivity index (χ4v) is 2.91. The number of nitrogens with one attached hydrogen (secondary N) is 2. The van der Waals surface area contributed by atoms with Crippen molar-refractivity contribution < 1.29 is 9.59 Å². The molecule has 0 spiro atoms. The molecule has 150 valence electrons. The Bertz CT molecular complexity index is 952. The van der Waals surface area contributed by atoms with Crippen molar-refractivity contribution >= 4 is 23.2 Å². The molecular formula is C21H24N6O2. The lowest BCUT2D eigenvalue weighted by atomic mass is 10.1. The van der Waals surface area contributed by atoms with Crippen LogP contribution in [0.3, 0.4) is 0 Å². The van der Waals surface area contributed by atoms with Crippen molar-refractivity contribution in [1.29, 1.82) is 0 Å². The highest BCUT2D eigenvalue weighted by Gasteiger charge is 2.15. The average Bonchev–Trinajstić information content (AvgIpc) is 3.23. The summed E-state index contributed by atoms with van der Waals surface area (Å²) in [5.41, 5.74) is 3.41. The van der Waals surface area contributed by atoms with Crippen LogP contribution in [0.25, 0.3) is 5.69 Å². The van der Waals surface area contributed by atoms with Crippen LogP contribution in [0.1, 0.15) is 25.5 Å². The normalized spacial score (nSPS) is 11.9. The summed E-state index contributed by atoms with van der Waals surface area (Å²) in [5, 5.41) is 9.69. The third kappa shape index (κ3) is 5.49. The number of benzene rings is 2. The van der Waals surface area contributed by atoms with Crippen LogP contribution < -0.4 is 10.6 Å². The van der Waals surface area contributed by atoms with Crippen LogP contribution >= 0.6 is 0 Å². The van der Waals surface area contributed by atoms with Gasteiger partial charge in [-0.1, -0.05) is 12.1 Å². The van der Waals surface area contributed by atoms with Gasteiger partial charge in [0.15, 0.2) is 0 Å². The predicted molar refractivity (Wildman–Crippen MR) is 112 cm³/mol. The van der Waals surface area contributed by atoms with Gasteiger partial charge in [-0.05, 0) is 55.9 Å². The van der Waals surface area contributed by atoms with E-state index in [2.05, 4.69) is 27.6 Å². The topological polar surface area (TPSA) is 92.2 Å². The first-order valence-corrected chi connectivity index (χ1v) is 9.25. The second-order valence-corrected chi connectivity index (χ2v) is 6.83. The molecule has 0 radical (unpaired) electrons. The highest BCUT2D eigenvalue weighted by molar-refractivity contribution is 5.93. The summed E-state index contributed by atoms with van der Waals surface area (Å²) in [7, 11) is 1.91. The number of hydrogen-bond acceptors (Lipinski definition) is 5. The van der Waals surface area contributed by atoms with Gasteiger partial charge in [-0.15, -0.1) is 0 Å². The van der Waals surface area contributed by atoms with Crippen LogP contribution in [0.4, 0.5) is 11.4 Å². The molecule has 0 aliphatic heterocycles. The molecule has 0 saturated heterocycles. The van der Waals surface area contributed by atoms with Gasteiger partial charge >= 0.3 is 0 Å². The second-order valence-electron chi connectivity index (χ2n) is 6.83. The first-order valence-electron chi connectivity index (χ1n) is 9.25. The SMILES string of the molecule is CC(=O)Nc1ccc(NC(=O)CN(C)C(C)c2ccc(-n3cncn3)cc2)cc1. The van der Waals surface area contributed by atoms with Gasteiger partial charge in [0.05, 0.1) is 12.2 Å². The van der Waals surface area contributed by atoms with Crippen molar-refractivity contribution in [3.63, 3.8) is 0 Å². The zero-order chi connectivity index (χ0) is 20.8. The van der Waals surface area contributed by atoms with Crippen LogP contribution in [0, 0.1) is 0 Å². The first-order chi connectivity index (χ1) is 13.9. The Hall–Kier alpha value is -3.52. The molecule has 29 heavy (non-hydrogen) atoms. The summed E-state index contributed by atoms with van der Waals surface area (Å²) < 4.78 is 1.70. The molecule has 2 amide bonds. The zero-order valence-corrected chi connectivity index (χ0v) is 16.7. The van der Waals surface area contributed by atoms with Gasteiger partial charge in [0.25, 0.3) is 0 Å². The van der Waals surface area contributed by atoms with E-state index in [1.807, 2.05) is 36.2 Å². The van der Waals surface area contributed by atoms with E-state index in [-0.39, 0.29) is 24.4 Å². The highest BCUT2D eigenvalue weighted by Crippen LogP contribution is 2.20. The summed E-state index contributed by atoms with van der Waals surface area (Å²) in [6, 6.07) is 15.1. The van der Waals surface area contributed by atoms with Crippen molar-refractivity contribution in [3.8, 4) is 5.69 Å². The second kappa shape index (κ2) is 9.11. The summed E-state index contributed by atoms with van der Waals surface area (Å²) in [6.07, 6.45) is 3.15. The van der Waals surface area contributed by atoms with Crippen molar-refractivity contribution in [2.24, 2.45) is 0 Å². The number of nitrogens with zero attached hydrogens (tertiary/aromatic N) is 4. The van der Waals surface area contributed by atoms with Crippen LogP contribution in [0.5, 0.6) is 0 Å². The molecule has 1 atom stereocenters. The molecule has 3 rings (SSSR count). The first kappa shape index (κ1) is 20.2. The molecular weight excluding hydrogens is 368 g/mol. The molecule has 0 saturated carbocycles. The average molecular weight is 392 g/mol. The van der Waals surface area contributed by atoms with E-state index in [1.54, 1.807) is 35.3 Å². The lowest BCUT2D eigenvalue weighted by Gasteiger charge is -2.24. The van der Waals surface area contributed by atoms with Gasteiger partial charge in [-0.2, -0.15) is 5.10 Å². The number of amides is 2. The van der Waals surface area contributed by atoms with Crippen molar-refractivity contribution in [3.05, 3.63) is 66.7 Å². The summed E-state index contributed by atoms with van der Waals surface area (Å²) in [5.74, 6) is -0.238. The Morgan fingerprint density at radius 3 is 2.21 bits per heavy atom. The van der Waals surface area contributed by atoms with Crippen LogP contribution in [-0.2, 0) is 9.59 Å². The maximum atomic E-state index is 12.4. The van der Waals surface area contributed by atoms with Gasteiger partial charge in [0.1, 0.15) is 12.7 Å². The molecule has 1 aromatic heterocycles. The van der Waals surface area contributed by atoms with Gasteiger partial charge in [-0.25, -0.2) is 9.67 Å². The molecule has 0 bridgehead atoms. The quantitative estimate of drug-likeness (QED) is 0.645. The largest absolute Gasteiger partial charge is 0.326 e. The van der Waals surface area contributed by atoms with Gasteiger partial charge < -0.3 is 10.6 Å². The molecule has 0 fully saturated rings. The standard InChI is InChI=1S/C21H24N6O2/c1-15(17-4-10-20(11-5-17)27-14-22-13-23-27)26(3)12-21(29)25-19-8-6-18(7-9-19)24-16(2)28/h4-11,13-15H,12H2,1-3H3,(H,24,28)(H,25,29). The summed E-state index contributed by atoms with van der Waals surface area (Å²) in [6.45, 7) is 3.76. The number of hydrogen-bond donors (Lipinski definition) is 2. The molecule has 8 heteroatoms. The fourth-order valence-electron chi connectivity index (χ4n) is 2.91. The number of carbonyl (C=O) groups is 2. The van der Waals surface area contributed by atoms with Crippen LogP contribution in [0.2, 0.25) is 0 Å². The minimum atomic E-state index is -0.133. The van der Waals surface area contributed by atoms with E-state index in [9.17, 15) is 9.59 Å². The summed E-state index contributed by atoms with van der Waals surface area (Å²) in [4.78, 5) is 29.4. The predicted octanol–water partition coefficient (Wildman–Crippen LogP) is 2.86. The van der Waals surface area contributed by atoms with Crippen molar-refractivity contribution in [2.75, 3.05) is 24.2 Å². The number of likely N-dealkylation sites (N-methyl/N-ethyl adjacent to an activating group) is 1. The van der Waals surface area contributed by atoms with Crippen molar-refractivity contribution in [2.45, 2.75) is 19.9 Å². The molecule has 0 aliphatic rings. The van der Waals surface area contributed by atoms with Crippen molar-refractivity contribution in [1.82, 2.24) is 19.7 Å². The Kier molecular flexibility index (Phi) is 6.36. The third-order valence-corrected chi connectivity index (χ3v) is 4.60. The highest BCUT2D eigenvalue weighted by atomic mass is 16.2. The number of anilines is 2. The smallest absolute Gasteiger partial charge is 0.238 e. The summed E-state index contributed by atoms with van der Waals surface area (Å²) >= 11 is 0. The van der Waals surface area contributed by atoms with Gasteiger partial charge in [0.2, 0.25) is 11.8 Å². The maximum absolute atomic E-state index is 12.4. The van der Waals surface area contributed by atoms with E-state index >= 15 is 0 Å². The number of rotatable bonds is 7. The minimum absolute atomic E-state index is 0.0627. The van der Waals surface area contributed by atoms with Crippen LogP contribution in [-0.4, -0.2) is 45.1 Å². The molecule has 8 nitrogen and oxygen atoms in total. The minimum Gasteiger partial charge on any atom is -0.326 e. The van der Waals surface area contributed by atoms with E-state index < -0.39 is 0 Å². The molecule has 2 aromatic carbocycles. The van der Waals surface area contributed by atoms with Gasteiger partial charge in [-0.3, -0.25) is 14.5 Å². The molecule has 0 aliphatic carbocycles. The van der Waals surface area contributed by atoms with E-state index in [0.717, 1.165) is 11.3 Å². The molecule has 2 N–H and O–H groups in total. The Balaban J connectivity index is 1.55. The van der Waals surface area contributed by atoms with E-state index in [0.29, 0.717) is 11.4 Å². The molecule has 1 unspecified atom stereocenters. The monoisotopic (exact) mass is 392 g/mol. The number of aromatic nitrogens is 3. The Labute approximate surface area is 169 Å². The molecule has 3 aromatic rings. The lowest BCUT2D eigenvalue weighted by Crippen LogP contribution is -2.32. The van der Waals surface area contributed by atoms with Crippen LogP contribution in [0.15, 0.2) is 61.2 Å². The van der Waals surface area contributed by atoms with E-state index in [4.69, 9.17) is 0 Å². The lowest BCUT2D eigenvalue weighted by molar-refractivity contribution is -0.117. The Morgan fingerprint density at radius 2 is 1.66 bits per heavy atom. The number of carbonyl (C=O) groups excluding carboxylic acids is 2. The Morgan fingerprint density at radius 1 is 1.03 bits per heavy atom. The third-order valence-electron chi connectivity index (χ3n) is 4.60. The fraction of sp³-hybridized carbons (Fsp3) is 0.238.